The molecule has 0 saturated carbocycles. The van der Waals surface area contributed by atoms with Gasteiger partial charge in [0.1, 0.15) is 34.9 Å². The van der Waals surface area contributed by atoms with Crippen LogP contribution in [0.15, 0.2) is 158 Å². The predicted octanol–water partition coefficient (Wildman–Crippen LogP) is 11.3. The van der Waals surface area contributed by atoms with E-state index in [1.807, 2.05) is 121 Å². The topological polar surface area (TPSA) is 148 Å². The molecule has 0 fully saturated rings. The Labute approximate surface area is 385 Å². The van der Waals surface area contributed by atoms with E-state index >= 15 is 0 Å². The van der Waals surface area contributed by atoms with E-state index in [2.05, 4.69) is 41.8 Å². The minimum atomic E-state index is -1.66. The number of nitrogens with zero attached hydrogens (tertiary/aromatic N) is 8. The molecule has 0 aliphatic carbocycles. The van der Waals surface area contributed by atoms with Crippen LogP contribution in [-0.4, -0.2) is 37.1 Å². The number of hydrogen-bond acceptors (Lipinski definition) is 8. The maximum atomic E-state index is 13.8. The first-order chi connectivity index (χ1) is 30.1. The highest BCUT2D eigenvalue weighted by Gasteiger charge is 2.20. The van der Waals surface area contributed by atoms with Crippen LogP contribution in [0, 0.1) is 47.4 Å². The van der Waals surface area contributed by atoms with Crippen LogP contribution < -0.4 is 5.46 Å². The van der Waals surface area contributed by atoms with E-state index in [-0.39, 0.29) is 53.0 Å². The standard InChI is InChI=1S/C24H13FN4.C17H10ClN3.C7H5BFNO2.HI.H2/c1-27-21-14-18(12-13-20(21)25)23-19(15-26)22(16-8-4-2-5-9-16)28-24(29-23)17-10-6-3-7-11-17;18-16-14(11-19)15(12-7-3-1-4-8-12)20-17(21-16)13-9-5-2-6-10-13;1-10-7-4-5(8(11)12)2-3-6(7)9;;/h2-14H;1-10H;2-4,11-12H;2*1H. The molecule has 0 saturated heterocycles. The molecule has 6 aromatic carbocycles. The van der Waals surface area contributed by atoms with E-state index in [4.69, 9.17) is 34.8 Å². The SMILES string of the molecule is I.N#Cc1c(Cl)nc(-c2ccccc2)nc1-c1ccccc1.[C-]#[N+]c1cc(-c2nc(-c3ccccc3)nc(-c3ccccc3)c2C#N)ccc1F.[C-]#[N+]c1cc(B(O)O)ccc1F.[HH]. The van der Waals surface area contributed by atoms with Gasteiger partial charge in [0.15, 0.2) is 16.8 Å². The fraction of sp³-hybridized carbons (Fsp3) is 0. The lowest BCUT2D eigenvalue weighted by Crippen LogP contribution is -2.29. The molecule has 0 spiro atoms. The molecule has 8 aromatic rings. The summed E-state index contributed by atoms with van der Waals surface area (Å²) in [6.45, 7) is 13.7. The first kappa shape index (κ1) is 46.4. The average molecular weight is 963 g/mol. The van der Waals surface area contributed by atoms with Crippen LogP contribution >= 0.6 is 35.6 Å². The molecule has 63 heavy (non-hydrogen) atoms. The van der Waals surface area contributed by atoms with Crippen LogP contribution in [0.3, 0.4) is 0 Å². The summed E-state index contributed by atoms with van der Waals surface area (Å²) < 4.78 is 26.5. The molecule has 2 N–H and O–H groups in total. The normalized spacial score (nSPS) is 9.79. The van der Waals surface area contributed by atoms with E-state index in [0.29, 0.717) is 39.9 Å². The van der Waals surface area contributed by atoms with E-state index in [9.17, 15) is 19.3 Å². The van der Waals surface area contributed by atoms with Crippen LogP contribution in [0.1, 0.15) is 12.6 Å². The summed E-state index contributed by atoms with van der Waals surface area (Å²) in [5.41, 5.74) is 5.53. The van der Waals surface area contributed by atoms with Crippen molar-refractivity contribution < 1.29 is 20.3 Å². The highest BCUT2D eigenvalue weighted by Crippen LogP contribution is 2.34. The first-order valence-electron chi connectivity index (χ1n) is 18.4. The second-order valence-electron chi connectivity index (χ2n) is 12.8. The molecule has 0 amide bonds. The molecule has 2 heterocycles. The maximum Gasteiger partial charge on any atom is 0.487 e. The van der Waals surface area contributed by atoms with Crippen LogP contribution in [0.25, 0.3) is 66.2 Å². The first-order valence-corrected chi connectivity index (χ1v) is 18.7. The summed E-state index contributed by atoms with van der Waals surface area (Å²) >= 11 is 6.16. The molecule has 0 radical (unpaired) electrons. The molecule has 2 aromatic heterocycles. The molecular weight excluding hydrogens is 932 g/mol. The van der Waals surface area contributed by atoms with Gasteiger partial charge >= 0.3 is 7.12 Å². The zero-order valence-electron chi connectivity index (χ0n) is 32.6. The number of nitriles is 2. The van der Waals surface area contributed by atoms with Crippen LogP contribution in [0.4, 0.5) is 20.2 Å². The lowest BCUT2D eigenvalue weighted by atomic mass is 9.80. The quantitative estimate of drug-likeness (QED) is 0.0724. The Morgan fingerprint density at radius 2 is 0.905 bits per heavy atom. The minimum absolute atomic E-state index is 0. The fourth-order valence-electron chi connectivity index (χ4n) is 5.87. The number of benzene rings is 6. The third kappa shape index (κ3) is 11.4. The zero-order valence-corrected chi connectivity index (χ0v) is 35.7. The molecule has 0 atom stereocenters. The Morgan fingerprint density at radius 1 is 0.524 bits per heavy atom. The number of hydrogen-bond donors (Lipinski definition) is 2. The largest absolute Gasteiger partial charge is 0.487 e. The molecular formula is C48H31BClF2IN8O2. The van der Waals surface area contributed by atoms with Crippen molar-refractivity contribution in [3.63, 3.8) is 0 Å². The van der Waals surface area contributed by atoms with Crippen molar-refractivity contribution in [2.24, 2.45) is 0 Å². The van der Waals surface area contributed by atoms with Crippen molar-refractivity contribution in [1.29, 1.82) is 10.5 Å². The summed E-state index contributed by atoms with van der Waals surface area (Å²) in [5, 5.41) is 36.7. The monoisotopic (exact) mass is 962 g/mol. The zero-order chi connectivity index (χ0) is 44.0. The maximum absolute atomic E-state index is 13.8. The van der Waals surface area contributed by atoms with Gasteiger partial charge in [-0.05, 0) is 29.2 Å². The van der Waals surface area contributed by atoms with Crippen molar-refractivity contribution in [1.82, 2.24) is 19.9 Å². The second-order valence-corrected chi connectivity index (χ2v) is 13.2. The number of aromatic nitrogens is 4. The van der Waals surface area contributed by atoms with Gasteiger partial charge in [-0.1, -0.05) is 151 Å². The van der Waals surface area contributed by atoms with E-state index in [1.54, 1.807) is 0 Å². The van der Waals surface area contributed by atoms with Gasteiger partial charge in [0, 0.05) is 23.7 Å². The van der Waals surface area contributed by atoms with Crippen molar-refractivity contribution >= 4 is 59.5 Å². The van der Waals surface area contributed by atoms with E-state index in [0.717, 1.165) is 34.4 Å². The number of rotatable bonds is 6. The summed E-state index contributed by atoms with van der Waals surface area (Å²) in [7, 11) is -1.66. The van der Waals surface area contributed by atoms with E-state index in [1.165, 1.54) is 24.3 Å². The molecule has 10 nitrogen and oxygen atoms in total. The summed E-state index contributed by atoms with van der Waals surface area (Å²) in [4.78, 5) is 24.1. The molecule has 0 bridgehead atoms. The Kier molecular flexibility index (Phi) is 16.4. The minimum Gasteiger partial charge on any atom is -0.423 e. The molecule has 0 aliphatic heterocycles. The smallest absolute Gasteiger partial charge is 0.423 e. The van der Waals surface area contributed by atoms with E-state index < -0.39 is 18.8 Å². The Balaban J connectivity index is 0.000000225. The molecule has 8 rings (SSSR count). The van der Waals surface area contributed by atoms with Crippen molar-refractivity contribution in [2.75, 3.05) is 0 Å². The third-order valence-corrected chi connectivity index (χ3v) is 9.16. The van der Waals surface area contributed by atoms with Crippen LogP contribution in [-0.2, 0) is 0 Å². The Bertz CT molecular complexity index is 3040. The fourth-order valence-corrected chi connectivity index (χ4v) is 6.08. The van der Waals surface area contributed by atoms with Gasteiger partial charge in [0.25, 0.3) is 0 Å². The van der Waals surface area contributed by atoms with Crippen molar-refractivity contribution in [2.45, 2.75) is 0 Å². The Morgan fingerprint density at radius 3 is 1.33 bits per heavy atom. The van der Waals surface area contributed by atoms with Crippen LogP contribution in [0.5, 0.6) is 0 Å². The lowest BCUT2D eigenvalue weighted by Gasteiger charge is -2.12. The summed E-state index contributed by atoms with van der Waals surface area (Å²) in [6.07, 6.45) is 0. The van der Waals surface area contributed by atoms with Crippen molar-refractivity contribution in [3.05, 3.63) is 208 Å². The molecule has 306 valence electrons. The highest BCUT2D eigenvalue weighted by atomic mass is 127. The summed E-state index contributed by atoms with van der Waals surface area (Å²) in [5.74, 6) is -0.303. The summed E-state index contributed by atoms with van der Waals surface area (Å²) in [6, 6.07) is 49.7. The van der Waals surface area contributed by atoms with Crippen LogP contribution in [0.2, 0.25) is 5.15 Å². The number of halogens is 4. The van der Waals surface area contributed by atoms with Gasteiger partial charge in [-0.15, -0.1) is 24.0 Å². The average Bonchev–Trinajstić information content (AvgIpc) is 3.32. The van der Waals surface area contributed by atoms with Gasteiger partial charge in [-0.3, -0.25) is 0 Å². The van der Waals surface area contributed by atoms with Gasteiger partial charge < -0.3 is 10.0 Å². The van der Waals surface area contributed by atoms with Gasteiger partial charge in [-0.25, -0.2) is 38.4 Å². The molecule has 0 unspecified atom stereocenters. The molecule has 15 heteroatoms. The second kappa shape index (κ2) is 22.2. The Hall–Kier alpha value is -7.70. The molecule has 0 aliphatic rings. The highest BCUT2D eigenvalue weighted by molar-refractivity contribution is 14.0. The van der Waals surface area contributed by atoms with Gasteiger partial charge in [-0.2, -0.15) is 10.5 Å². The van der Waals surface area contributed by atoms with Gasteiger partial charge in [0.05, 0.1) is 30.2 Å². The third-order valence-electron chi connectivity index (χ3n) is 8.88. The van der Waals surface area contributed by atoms with Gasteiger partial charge in [0.2, 0.25) is 11.4 Å². The predicted molar refractivity (Wildman–Crippen MR) is 252 cm³/mol. The lowest BCUT2D eigenvalue weighted by molar-refractivity contribution is 0.425. The van der Waals surface area contributed by atoms with Crippen molar-refractivity contribution in [3.8, 4) is 68.7 Å².